The van der Waals surface area contributed by atoms with Gasteiger partial charge in [-0.25, -0.2) is 0 Å². The van der Waals surface area contributed by atoms with Crippen LogP contribution in [0.2, 0.25) is 0 Å². The molecule has 1 aromatic rings. The number of ether oxygens (including phenoxy) is 1. The number of unbranched alkanes of at least 4 members (excludes halogenated alkanes) is 4. The SMILES string of the molecule is CCCCCCCOCC(N)c1cc(C)ccc1C. The van der Waals surface area contributed by atoms with Crippen molar-refractivity contribution in [1.29, 1.82) is 0 Å². The molecule has 19 heavy (non-hydrogen) atoms. The third-order valence-electron chi connectivity index (χ3n) is 3.52. The summed E-state index contributed by atoms with van der Waals surface area (Å²) >= 11 is 0. The first-order chi connectivity index (χ1) is 9.15. The molecule has 2 heteroatoms. The Labute approximate surface area is 118 Å². The highest BCUT2D eigenvalue weighted by molar-refractivity contribution is 5.32. The first-order valence-corrected chi connectivity index (χ1v) is 7.55. The molecule has 0 fully saturated rings. The third-order valence-corrected chi connectivity index (χ3v) is 3.52. The van der Waals surface area contributed by atoms with Gasteiger partial charge in [-0.3, -0.25) is 0 Å². The Morgan fingerprint density at radius 3 is 2.58 bits per heavy atom. The number of hydrogen-bond acceptors (Lipinski definition) is 2. The van der Waals surface area contributed by atoms with Crippen LogP contribution in [0, 0.1) is 13.8 Å². The van der Waals surface area contributed by atoms with Crippen molar-refractivity contribution < 1.29 is 4.74 Å². The molecule has 0 aromatic heterocycles. The number of benzene rings is 1. The zero-order chi connectivity index (χ0) is 14.1. The summed E-state index contributed by atoms with van der Waals surface area (Å²) in [7, 11) is 0. The normalized spacial score (nSPS) is 12.6. The van der Waals surface area contributed by atoms with Gasteiger partial charge in [0.2, 0.25) is 0 Å². The van der Waals surface area contributed by atoms with Crippen LogP contribution in [0.15, 0.2) is 18.2 Å². The largest absolute Gasteiger partial charge is 0.379 e. The molecule has 0 aliphatic carbocycles. The highest BCUT2D eigenvalue weighted by Crippen LogP contribution is 2.17. The van der Waals surface area contributed by atoms with Crippen LogP contribution < -0.4 is 5.73 Å². The fourth-order valence-corrected chi connectivity index (χ4v) is 2.27. The topological polar surface area (TPSA) is 35.2 Å². The lowest BCUT2D eigenvalue weighted by molar-refractivity contribution is 0.117. The van der Waals surface area contributed by atoms with Crippen LogP contribution in [0.1, 0.15) is 61.8 Å². The van der Waals surface area contributed by atoms with Crippen molar-refractivity contribution >= 4 is 0 Å². The van der Waals surface area contributed by atoms with Gasteiger partial charge in [0.05, 0.1) is 12.6 Å². The van der Waals surface area contributed by atoms with Crippen molar-refractivity contribution in [1.82, 2.24) is 0 Å². The highest BCUT2D eigenvalue weighted by atomic mass is 16.5. The molecule has 2 N–H and O–H groups in total. The van der Waals surface area contributed by atoms with E-state index in [9.17, 15) is 0 Å². The average molecular weight is 263 g/mol. The van der Waals surface area contributed by atoms with E-state index in [-0.39, 0.29) is 6.04 Å². The molecule has 0 aliphatic heterocycles. The Morgan fingerprint density at radius 1 is 1.11 bits per heavy atom. The van der Waals surface area contributed by atoms with Gasteiger partial charge in [0.1, 0.15) is 0 Å². The van der Waals surface area contributed by atoms with E-state index in [1.165, 1.54) is 42.4 Å². The monoisotopic (exact) mass is 263 g/mol. The van der Waals surface area contributed by atoms with Crippen LogP contribution in [0.3, 0.4) is 0 Å². The van der Waals surface area contributed by atoms with Crippen LogP contribution >= 0.6 is 0 Å². The zero-order valence-electron chi connectivity index (χ0n) is 12.7. The van der Waals surface area contributed by atoms with Crippen LogP contribution in [0.4, 0.5) is 0 Å². The van der Waals surface area contributed by atoms with E-state index in [0.29, 0.717) is 6.61 Å². The van der Waals surface area contributed by atoms with E-state index in [2.05, 4.69) is 39.0 Å². The van der Waals surface area contributed by atoms with Crippen LogP contribution in [-0.2, 0) is 4.74 Å². The molecule has 0 bridgehead atoms. The predicted octanol–water partition coefficient (Wildman–Crippen LogP) is 4.29. The molecule has 0 amide bonds. The Bertz CT molecular complexity index is 362. The minimum absolute atomic E-state index is 0.00413. The van der Waals surface area contributed by atoms with Gasteiger partial charge >= 0.3 is 0 Å². The Morgan fingerprint density at radius 2 is 1.84 bits per heavy atom. The van der Waals surface area contributed by atoms with E-state index in [1.807, 2.05) is 0 Å². The van der Waals surface area contributed by atoms with E-state index >= 15 is 0 Å². The Balaban J connectivity index is 2.23. The Kier molecular flexibility index (Phi) is 7.76. The number of aryl methyl sites for hydroxylation is 2. The van der Waals surface area contributed by atoms with E-state index < -0.39 is 0 Å². The van der Waals surface area contributed by atoms with Gasteiger partial charge in [-0.2, -0.15) is 0 Å². The first-order valence-electron chi connectivity index (χ1n) is 7.55. The second-order valence-corrected chi connectivity index (χ2v) is 5.46. The highest BCUT2D eigenvalue weighted by Gasteiger charge is 2.09. The maximum Gasteiger partial charge on any atom is 0.0659 e. The molecule has 0 heterocycles. The molecule has 0 saturated heterocycles. The molecular formula is C17H29NO. The van der Waals surface area contributed by atoms with Gasteiger partial charge in [-0.15, -0.1) is 0 Å². The number of nitrogens with two attached hydrogens (primary N) is 1. The summed E-state index contributed by atoms with van der Waals surface area (Å²) in [5.41, 5.74) is 9.93. The molecule has 0 aliphatic rings. The lowest BCUT2D eigenvalue weighted by Crippen LogP contribution is -2.18. The molecule has 0 radical (unpaired) electrons. The van der Waals surface area contributed by atoms with Gasteiger partial charge in [0.15, 0.2) is 0 Å². The minimum Gasteiger partial charge on any atom is -0.379 e. The summed E-state index contributed by atoms with van der Waals surface area (Å²) in [5, 5.41) is 0. The van der Waals surface area contributed by atoms with Crippen molar-refractivity contribution in [3.8, 4) is 0 Å². The Hall–Kier alpha value is -0.860. The van der Waals surface area contributed by atoms with E-state index in [0.717, 1.165) is 13.0 Å². The third kappa shape index (κ3) is 6.22. The van der Waals surface area contributed by atoms with Crippen molar-refractivity contribution in [2.24, 2.45) is 5.73 Å². The van der Waals surface area contributed by atoms with Crippen molar-refractivity contribution in [3.63, 3.8) is 0 Å². The van der Waals surface area contributed by atoms with Crippen LogP contribution in [0.5, 0.6) is 0 Å². The predicted molar refractivity (Wildman–Crippen MR) is 82.4 cm³/mol. The smallest absolute Gasteiger partial charge is 0.0659 e. The summed E-state index contributed by atoms with van der Waals surface area (Å²) in [6.07, 6.45) is 6.37. The summed E-state index contributed by atoms with van der Waals surface area (Å²) in [5.74, 6) is 0. The lowest BCUT2D eigenvalue weighted by atomic mass is 10.00. The molecule has 1 atom stereocenters. The van der Waals surface area contributed by atoms with E-state index in [1.54, 1.807) is 0 Å². The maximum absolute atomic E-state index is 6.20. The minimum atomic E-state index is -0.00413. The van der Waals surface area contributed by atoms with Crippen molar-refractivity contribution in [2.75, 3.05) is 13.2 Å². The molecule has 0 saturated carbocycles. The fraction of sp³-hybridized carbons (Fsp3) is 0.647. The fourth-order valence-electron chi connectivity index (χ4n) is 2.27. The first kappa shape index (κ1) is 16.2. The number of rotatable bonds is 9. The van der Waals surface area contributed by atoms with Crippen LogP contribution in [-0.4, -0.2) is 13.2 Å². The summed E-state index contributed by atoms with van der Waals surface area (Å²) in [6, 6.07) is 6.43. The molecule has 108 valence electrons. The van der Waals surface area contributed by atoms with Crippen molar-refractivity contribution in [3.05, 3.63) is 34.9 Å². The summed E-state index contributed by atoms with van der Waals surface area (Å²) in [4.78, 5) is 0. The molecule has 1 unspecified atom stereocenters. The zero-order valence-corrected chi connectivity index (χ0v) is 12.7. The maximum atomic E-state index is 6.20. The molecule has 2 nitrogen and oxygen atoms in total. The molecule has 0 spiro atoms. The summed E-state index contributed by atoms with van der Waals surface area (Å²) < 4.78 is 5.70. The average Bonchev–Trinajstić information content (AvgIpc) is 2.40. The molecular weight excluding hydrogens is 234 g/mol. The molecule has 1 aromatic carbocycles. The lowest BCUT2D eigenvalue weighted by Gasteiger charge is -2.16. The van der Waals surface area contributed by atoms with Gasteiger partial charge in [-0.1, -0.05) is 56.4 Å². The van der Waals surface area contributed by atoms with Crippen LogP contribution in [0.25, 0.3) is 0 Å². The second-order valence-electron chi connectivity index (χ2n) is 5.46. The summed E-state index contributed by atoms with van der Waals surface area (Å²) in [6.45, 7) is 7.91. The standard InChI is InChI=1S/C17H29NO/c1-4-5-6-7-8-11-19-13-17(18)16-12-14(2)9-10-15(16)3/h9-10,12,17H,4-8,11,13,18H2,1-3H3. The number of hydrogen-bond donors (Lipinski definition) is 1. The molecule has 1 rings (SSSR count). The second kappa shape index (κ2) is 9.11. The van der Waals surface area contributed by atoms with Gasteiger partial charge in [-0.05, 0) is 31.4 Å². The van der Waals surface area contributed by atoms with E-state index in [4.69, 9.17) is 10.5 Å². The quantitative estimate of drug-likeness (QED) is 0.674. The van der Waals surface area contributed by atoms with Gasteiger partial charge in [0, 0.05) is 6.61 Å². The van der Waals surface area contributed by atoms with Gasteiger partial charge < -0.3 is 10.5 Å². The van der Waals surface area contributed by atoms with Crippen molar-refractivity contribution in [2.45, 2.75) is 58.9 Å². The van der Waals surface area contributed by atoms with Gasteiger partial charge in [0.25, 0.3) is 0 Å².